The van der Waals surface area contributed by atoms with Crippen LogP contribution in [0.4, 0.5) is 5.00 Å². The quantitative estimate of drug-likeness (QED) is 0.165. The average Bonchev–Trinajstić information content (AvgIpc) is 3.27. The SMILES string of the molecule is CCOC(=O)c1c(NC(=O)c2ccc(O[C@@H](C)C(=O)N/N=C\c3ccc(Cl)cc3Cl)cc2)sc2c1CC[C@H](C)C2. The van der Waals surface area contributed by atoms with Crippen molar-refractivity contribution in [3.63, 3.8) is 0 Å². The summed E-state index contributed by atoms with van der Waals surface area (Å²) in [5.74, 6) is -0.316. The predicted octanol–water partition coefficient (Wildman–Crippen LogP) is 6.53. The maximum Gasteiger partial charge on any atom is 0.341 e. The van der Waals surface area contributed by atoms with Gasteiger partial charge in [-0.05, 0) is 81.0 Å². The van der Waals surface area contributed by atoms with Crippen LogP contribution in [0.25, 0.3) is 0 Å². The Kier molecular flexibility index (Phi) is 9.84. The lowest BCUT2D eigenvalue weighted by Gasteiger charge is -2.18. The Morgan fingerprint density at radius 3 is 2.62 bits per heavy atom. The molecular weight excluding hydrogens is 573 g/mol. The number of hydrazone groups is 1. The molecule has 1 aliphatic rings. The zero-order valence-corrected chi connectivity index (χ0v) is 24.6. The van der Waals surface area contributed by atoms with Crippen molar-refractivity contribution in [2.75, 3.05) is 11.9 Å². The average molecular weight is 603 g/mol. The smallest absolute Gasteiger partial charge is 0.341 e. The number of amides is 2. The highest BCUT2D eigenvalue weighted by molar-refractivity contribution is 7.17. The molecule has 0 unspecified atom stereocenters. The Hall–Kier alpha value is -3.40. The van der Waals surface area contributed by atoms with Crippen LogP contribution >= 0.6 is 34.5 Å². The van der Waals surface area contributed by atoms with Crippen molar-refractivity contribution < 1.29 is 23.9 Å². The number of thiophene rings is 1. The first-order valence-corrected chi connectivity index (χ1v) is 14.4. The molecule has 40 heavy (non-hydrogen) atoms. The maximum absolute atomic E-state index is 13.0. The molecule has 1 heterocycles. The van der Waals surface area contributed by atoms with Gasteiger partial charge in [0.25, 0.3) is 11.8 Å². The number of benzene rings is 2. The van der Waals surface area contributed by atoms with E-state index in [0.29, 0.717) is 43.4 Å². The number of hydrogen-bond acceptors (Lipinski definition) is 7. The first-order valence-electron chi connectivity index (χ1n) is 12.8. The Morgan fingerprint density at radius 2 is 1.93 bits per heavy atom. The summed E-state index contributed by atoms with van der Waals surface area (Å²) >= 11 is 13.4. The van der Waals surface area contributed by atoms with Gasteiger partial charge in [0.1, 0.15) is 10.8 Å². The summed E-state index contributed by atoms with van der Waals surface area (Å²) in [6.45, 7) is 5.78. The normalized spacial score (nSPS) is 15.3. The highest BCUT2D eigenvalue weighted by Gasteiger charge is 2.29. The lowest BCUT2D eigenvalue weighted by Crippen LogP contribution is -2.33. The minimum Gasteiger partial charge on any atom is -0.481 e. The number of carbonyl (C=O) groups excluding carboxylic acids is 3. The van der Waals surface area contributed by atoms with Crippen molar-refractivity contribution in [2.45, 2.75) is 46.1 Å². The Morgan fingerprint density at radius 1 is 1.18 bits per heavy atom. The molecule has 2 amide bonds. The van der Waals surface area contributed by atoms with E-state index in [4.69, 9.17) is 32.7 Å². The van der Waals surface area contributed by atoms with Gasteiger partial charge in [-0.1, -0.05) is 36.2 Å². The number of fused-ring (bicyclic) bond motifs is 1. The van der Waals surface area contributed by atoms with Crippen LogP contribution in [0, 0.1) is 5.92 Å². The van der Waals surface area contributed by atoms with Crippen LogP contribution in [-0.2, 0) is 22.4 Å². The molecule has 0 saturated heterocycles. The zero-order chi connectivity index (χ0) is 28.8. The van der Waals surface area contributed by atoms with Gasteiger partial charge in [0.15, 0.2) is 6.10 Å². The fraction of sp³-hybridized carbons (Fsp3) is 0.310. The number of hydrogen-bond donors (Lipinski definition) is 2. The molecule has 8 nitrogen and oxygen atoms in total. The van der Waals surface area contributed by atoms with Crippen LogP contribution in [-0.4, -0.2) is 36.7 Å². The van der Waals surface area contributed by atoms with Crippen LogP contribution in [0.1, 0.15) is 63.9 Å². The van der Waals surface area contributed by atoms with Crippen molar-refractivity contribution in [3.05, 3.63) is 79.6 Å². The van der Waals surface area contributed by atoms with Gasteiger partial charge in [-0.3, -0.25) is 9.59 Å². The standard InChI is InChI=1S/C29H29Cl2N3O5S/c1-4-38-29(37)25-22-12-5-16(2)13-24(22)40-28(25)33-27(36)18-7-10-21(11-8-18)39-17(3)26(35)34-32-15-19-6-9-20(30)14-23(19)31/h6-11,14-17H,4-5,12-13H2,1-3H3,(H,33,36)(H,34,35)/b32-15-/t16-,17-/m0/s1. The minimum absolute atomic E-state index is 0.258. The second kappa shape index (κ2) is 13.3. The third-order valence-corrected chi connectivity index (χ3v) is 8.09. The number of nitrogens with zero attached hydrogens (tertiary/aromatic N) is 1. The number of esters is 1. The first kappa shape index (κ1) is 29.6. The third kappa shape index (κ3) is 7.21. The van der Waals surface area contributed by atoms with E-state index in [1.807, 2.05) is 0 Å². The van der Waals surface area contributed by atoms with Gasteiger partial charge in [0.05, 0.1) is 23.4 Å². The van der Waals surface area contributed by atoms with E-state index >= 15 is 0 Å². The van der Waals surface area contributed by atoms with Gasteiger partial charge < -0.3 is 14.8 Å². The summed E-state index contributed by atoms with van der Waals surface area (Å²) in [4.78, 5) is 39.3. The molecule has 11 heteroatoms. The lowest BCUT2D eigenvalue weighted by molar-refractivity contribution is -0.127. The van der Waals surface area contributed by atoms with Gasteiger partial charge in [-0.25, -0.2) is 10.2 Å². The molecular formula is C29H29Cl2N3O5S. The van der Waals surface area contributed by atoms with Crippen molar-refractivity contribution in [1.29, 1.82) is 0 Å². The molecule has 2 aromatic carbocycles. The molecule has 210 valence electrons. The first-order chi connectivity index (χ1) is 19.2. The second-order valence-electron chi connectivity index (χ2n) is 9.42. The molecule has 0 bridgehead atoms. The lowest BCUT2D eigenvalue weighted by atomic mass is 9.88. The number of carbonyl (C=O) groups is 3. The fourth-order valence-electron chi connectivity index (χ4n) is 4.24. The molecule has 1 aliphatic carbocycles. The van der Waals surface area contributed by atoms with Crippen LogP contribution in [0.15, 0.2) is 47.6 Å². The van der Waals surface area contributed by atoms with Gasteiger partial charge in [-0.2, -0.15) is 5.10 Å². The van der Waals surface area contributed by atoms with E-state index in [2.05, 4.69) is 22.8 Å². The molecule has 0 saturated carbocycles. The molecule has 4 rings (SSSR count). The Balaban J connectivity index is 1.37. The van der Waals surface area contributed by atoms with Crippen LogP contribution < -0.4 is 15.5 Å². The van der Waals surface area contributed by atoms with Crippen LogP contribution in [0.5, 0.6) is 5.75 Å². The number of nitrogens with one attached hydrogen (secondary N) is 2. The van der Waals surface area contributed by atoms with E-state index in [-0.39, 0.29) is 12.5 Å². The van der Waals surface area contributed by atoms with E-state index in [9.17, 15) is 14.4 Å². The third-order valence-electron chi connectivity index (χ3n) is 6.36. The Bertz CT molecular complexity index is 1440. The number of halogens is 2. The monoisotopic (exact) mass is 601 g/mol. The topological polar surface area (TPSA) is 106 Å². The van der Waals surface area contributed by atoms with Crippen LogP contribution in [0.2, 0.25) is 10.0 Å². The second-order valence-corrected chi connectivity index (χ2v) is 11.4. The van der Waals surface area contributed by atoms with Gasteiger partial charge in [0, 0.05) is 21.0 Å². The molecule has 2 N–H and O–H groups in total. The summed E-state index contributed by atoms with van der Waals surface area (Å²) < 4.78 is 11.0. The largest absolute Gasteiger partial charge is 0.481 e. The Labute approximate surface area is 246 Å². The molecule has 0 radical (unpaired) electrons. The maximum atomic E-state index is 13.0. The van der Waals surface area contributed by atoms with E-state index < -0.39 is 18.0 Å². The summed E-state index contributed by atoms with van der Waals surface area (Å²) in [6.07, 6.45) is 3.21. The molecule has 0 aliphatic heterocycles. The highest BCUT2D eigenvalue weighted by Crippen LogP contribution is 2.40. The van der Waals surface area contributed by atoms with Crippen molar-refractivity contribution in [1.82, 2.24) is 5.43 Å². The van der Waals surface area contributed by atoms with Crippen molar-refractivity contribution in [3.8, 4) is 5.75 Å². The zero-order valence-electron chi connectivity index (χ0n) is 22.3. The molecule has 3 aromatic rings. The van der Waals surface area contributed by atoms with E-state index in [0.717, 1.165) is 29.7 Å². The van der Waals surface area contributed by atoms with E-state index in [1.165, 1.54) is 17.6 Å². The highest BCUT2D eigenvalue weighted by atomic mass is 35.5. The summed E-state index contributed by atoms with van der Waals surface area (Å²) in [5.41, 5.74) is 4.83. The summed E-state index contributed by atoms with van der Waals surface area (Å²) in [6, 6.07) is 11.3. The summed E-state index contributed by atoms with van der Waals surface area (Å²) in [7, 11) is 0. The molecule has 2 atom stereocenters. The number of ether oxygens (including phenoxy) is 2. The van der Waals surface area contributed by atoms with Crippen molar-refractivity contribution >= 4 is 63.5 Å². The summed E-state index contributed by atoms with van der Waals surface area (Å²) in [5, 5.41) is 8.23. The van der Waals surface area contributed by atoms with Crippen molar-refractivity contribution in [2.24, 2.45) is 11.0 Å². The fourth-order valence-corrected chi connectivity index (χ4v) is 6.09. The number of anilines is 1. The molecule has 1 aromatic heterocycles. The number of rotatable bonds is 9. The minimum atomic E-state index is -0.857. The van der Waals surface area contributed by atoms with Crippen LogP contribution in [0.3, 0.4) is 0 Å². The van der Waals surface area contributed by atoms with Gasteiger partial charge in [0.2, 0.25) is 0 Å². The van der Waals surface area contributed by atoms with E-state index in [1.54, 1.807) is 56.3 Å². The van der Waals surface area contributed by atoms with Gasteiger partial charge >= 0.3 is 5.97 Å². The molecule has 0 spiro atoms. The molecule has 0 fully saturated rings. The van der Waals surface area contributed by atoms with Gasteiger partial charge in [-0.15, -0.1) is 11.3 Å². The predicted molar refractivity (Wildman–Crippen MR) is 158 cm³/mol.